The highest BCUT2D eigenvalue weighted by Gasteiger charge is 2.20. The number of carbonyl (C=O) groups is 2. The molecule has 2 atom stereocenters. The normalized spacial score (nSPS) is 13.0. The van der Waals surface area contributed by atoms with E-state index in [4.69, 9.17) is 4.74 Å². The number of nitrogens with one attached hydrogen (secondary N) is 1. The van der Waals surface area contributed by atoms with Gasteiger partial charge in [-0.1, -0.05) is 268 Å². The lowest BCUT2D eigenvalue weighted by atomic mass is 10.0. The van der Waals surface area contributed by atoms with E-state index in [1.807, 2.05) is 0 Å². The van der Waals surface area contributed by atoms with Gasteiger partial charge in [-0.15, -0.1) is 0 Å². The summed E-state index contributed by atoms with van der Waals surface area (Å²) in [7, 11) is 0. The molecule has 0 radical (unpaired) electrons. The maximum Gasteiger partial charge on any atom is 0.305 e. The highest BCUT2D eigenvalue weighted by molar-refractivity contribution is 5.76. The first-order valence-corrected chi connectivity index (χ1v) is 29.4. The average molecular weight is 941 g/mol. The van der Waals surface area contributed by atoms with Gasteiger partial charge in [0.05, 0.1) is 25.4 Å². The monoisotopic (exact) mass is 940 g/mol. The lowest BCUT2D eigenvalue weighted by molar-refractivity contribution is -0.143. The van der Waals surface area contributed by atoms with Crippen LogP contribution in [0.2, 0.25) is 0 Å². The Bertz CT molecular complexity index is 1130. The Balaban J connectivity index is 3.47. The zero-order valence-corrected chi connectivity index (χ0v) is 44.6. The van der Waals surface area contributed by atoms with Crippen molar-refractivity contribution in [2.75, 3.05) is 13.2 Å². The molecule has 0 aliphatic carbocycles. The second kappa shape index (κ2) is 56.4. The van der Waals surface area contributed by atoms with E-state index in [-0.39, 0.29) is 18.5 Å². The molecule has 0 aromatic rings. The van der Waals surface area contributed by atoms with Gasteiger partial charge in [0.25, 0.3) is 0 Å². The number of hydrogen-bond donors (Lipinski definition) is 3. The fourth-order valence-electron chi connectivity index (χ4n) is 8.87. The molecule has 0 fully saturated rings. The Hall–Kier alpha value is -2.18. The summed E-state index contributed by atoms with van der Waals surface area (Å²) in [5, 5.41) is 23.3. The molecule has 0 saturated heterocycles. The highest BCUT2D eigenvalue weighted by atomic mass is 16.5. The number of carbonyl (C=O) groups excluding carboxylic acids is 2. The quantitative estimate of drug-likeness (QED) is 0.0321. The Morgan fingerprint density at radius 2 is 0.776 bits per heavy atom. The van der Waals surface area contributed by atoms with Crippen LogP contribution in [0.3, 0.4) is 0 Å². The second-order valence-electron chi connectivity index (χ2n) is 20.0. The summed E-state index contributed by atoms with van der Waals surface area (Å²) in [6.45, 7) is 4.78. The molecule has 2 unspecified atom stereocenters. The fraction of sp³-hybridized carbons (Fsp3) is 0.836. The van der Waals surface area contributed by atoms with Crippen molar-refractivity contribution in [3.63, 3.8) is 0 Å². The van der Waals surface area contributed by atoms with Crippen molar-refractivity contribution in [3.05, 3.63) is 48.6 Å². The van der Waals surface area contributed by atoms with E-state index in [9.17, 15) is 19.8 Å². The smallest absolute Gasteiger partial charge is 0.305 e. The molecule has 67 heavy (non-hydrogen) atoms. The van der Waals surface area contributed by atoms with Gasteiger partial charge in [-0.3, -0.25) is 9.59 Å². The van der Waals surface area contributed by atoms with Crippen LogP contribution >= 0.6 is 0 Å². The van der Waals surface area contributed by atoms with Crippen LogP contribution < -0.4 is 5.32 Å². The molecule has 0 aliphatic heterocycles. The Morgan fingerprint density at radius 3 is 1.19 bits per heavy atom. The number of ether oxygens (including phenoxy) is 1. The third-order valence-corrected chi connectivity index (χ3v) is 13.4. The first kappa shape index (κ1) is 64.8. The molecular weight excluding hydrogens is 827 g/mol. The topological polar surface area (TPSA) is 95.9 Å². The van der Waals surface area contributed by atoms with Gasteiger partial charge in [-0.25, -0.2) is 0 Å². The van der Waals surface area contributed by atoms with E-state index in [0.29, 0.717) is 25.9 Å². The van der Waals surface area contributed by atoms with Crippen molar-refractivity contribution >= 4 is 11.9 Å². The summed E-state index contributed by atoms with van der Waals surface area (Å²) < 4.78 is 5.40. The van der Waals surface area contributed by atoms with Crippen molar-refractivity contribution < 1.29 is 24.5 Å². The van der Waals surface area contributed by atoms with Crippen molar-refractivity contribution in [1.29, 1.82) is 0 Å². The molecule has 0 aromatic heterocycles. The standard InChI is InChI=1S/C61H113NO5/c1-3-5-7-9-11-13-15-17-18-26-30-33-37-41-45-49-53-59(64)58(57-63)62-60(65)54-50-46-42-38-34-31-27-24-22-20-19-21-23-25-28-32-36-40-44-48-52-56-67-61(66)55-51-47-43-39-35-29-16-14-12-10-8-6-4-2/h8,10,14,16,32,36,44,48,58-59,63-64H,3-7,9,11-13,15,17-31,33-35,37-43,45-47,49-57H2,1-2H3,(H,62,65)/b10-8-,16-14-,36-32-,48-44-. The number of allylic oxidation sites excluding steroid dienone is 7. The number of amides is 1. The minimum atomic E-state index is -0.669. The third-order valence-electron chi connectivity index (χ3n) is 13.4. The largest absolute Gasteiger partial charge is 0.465 e. The van der Waals surface area contributed by atoms with Crippen molar-refractivity contribution in [2.45, 2.75) is 315 Å². The van der Waals surface area contributed by atoms with E-state index in [2.05, 4.69) is 67.8 Å². The minimum Gasteiger partial charge on any atom is -0.465 e. The summed E-state index contributed by atoms with van der Waals surface area (Å²) in [6, 6.07) is -0.546. The van der Waals surface area contributed by atoms with Gasteiger partial charge in [0, 0.05) is 12.8 Å². The summed E-state index contributed by atoms with van der Waals surface area (Å²) in [4.78, 5) is 24.5. The second-order valence-corrected chi connectivity index (χ2v) is 20.0. The Labute approximate surface area is 416 Å². The molecule has 392 valence electrons. The molecule has 0 saturated carbocycles. The predicted molar refractivity (Wildman–Crippen MR) is 292 cm³/mol. The van der Waals surface area contributed by atoms with Crippen molar-refractivity contribution in [1.82, 2.24) is 5.32 Å². The molecule has 0 heterocycles. The first-order valence-electron chi connectivity index (χ1n) is 29.4. The van der Waals surface area contributed by atoms with Gasteiger partial charge < -0.3 is 20.3 Å². The van der Waals surface area contributed by atoms with E-state index in [0.717, 1.165) is 64.2 Å². The van der Waals surface area contributed by atoms with Crippen LogP contribution in [0.5, 0.6) is 0 Å². The molecule has 0 rings (SSSR count). The maximum absolute atomic E-state index is 12.5. The van der Waals surface area contributed by atoms with Gasteiger partial charge in [-0.05, 0) is 70.6 Å². The molecule has 0 spiro atoms. The minimum absolute atomic E-state index is 0.0392. The number of rotatable bonds is 54. The van der Waals surface area contributed by atoms with E-state index in [1.165, 1.54) is 205 Å². The van der Waals surface area contributed by atoms with Crippen molar-refractivity contribution in [3.8, 4) is 0 Å². The van der Waals surface area contributed by atoms with Gasteiger partial charge in [-0.2, -0.15) is 0 Å². The summed E-state index contributed by atoms with van der Waals surface area (Å²) in [6.07, 6.45) is 71.2. The summed E-state index contributed by atoms with van der Waals surface area (Å²) in [5.41, 5.74) is 0. The number of unbranched alkanes of at least 4 members (excludes halogenated alkanes) is 35. The van der Waals surface area contributed by atoms with Gasteiger partial charge >= 0.3 is 5.97 Å². The number of aliphatic hydroxyl groups excluding tert-OH is 2. The molecule has 0 aliphatic rings. The number of esters is 1. The van der Waals surface area contributed by atoms with Crippen LogP contribution in [0.4, 0.5) is 0 Å². The van der Waals surface area contributed by atoms with E-state index >= 15 is 0 Å². The van der Waals surface area contributed by atoms with Gasteiger partial charge in [0.2, 0.25) is 5.91 Å². The number of hydrogen-bond acceptors (Lipinski definition) is 5. The summed E-state index contributed by atoms with van der Waals surface area (Å²) in [5.74, 6) is -0.0901. The first-order chi connectivity index (χ1) is 33.0. The van der Waals surface area contributed by atoms with Crippen LogP contribution in [-0.4, -0.2) is 47.4 Å². The molecule has 1 amide bonds. The average Bonchev–Trinajstić information content (AvgIpc) is 3.33. The molecule has 0 bridgehead atoms. The Morgan fingerprint density at radius 1 is 0.418 bits per heavy atom. The molecule has 3 N–H and O–H groups in total. The highest BCUT2D eigenvalue weighted by Crippen LogP contribution is 2.17. The lowest BCUT2D eigenvalue weighted by Crippen LogP contribution is -2.45. The molecule has 6 heteroatoms. The molecule has 0 aromatic carbocycles. The van der Waals surface area contributed by atoms with Crippen LogP contribution in [0, 0.1) is 0 Å². The van der Waals surface area contributed by atoms with Crippen molar-refractivity contribution in [2.24, 2.45) is 0 Å². The molecule has 6 nitrogen and oxygen atoms in total. The maximum atomic E-state index is 12.5. The van der Waals surface area contributed by atoms with E-state index < -0.39 is 12.1 Å². The lowest BCUT2D eigenvalue weighted by Gasteiger charge is -2.22. The number of aliphatic hydroxyl groups is 2. The molecular formula is C61H113NO5. The van der Waals surface area contributed by atoms with Gasteiger partial charge in [0.15, 0.2) is 0 Å². The van der Waals surface area contributed by atoms with Crippen LogP contribution in [0.15, 0.2) is 48.6 Å². The van der Waals surface area contributed by atoms with Gasteiger partial charge in [0.1, 0.15) is 0 Å². The van der Waals surface area contributed by atoms with Crippen LogP contribution in [0.1, 0.15) is 303 Å². The predicted octanol–water partition coefficient (Wildman–Crippen LogP) is 18.2. The summed E-state index contributed by atoms with van der Waals surface area (Å²) >= 11 is 0. The third kappa shape index (κ3) is 53.0. The Kier molecular flexibility index (Phi) is 54.6. The van der Waals surface area contributed by atoms with E-state index in [1.54, 1.807) is 0 Å². The van der Waals surface area contributed by atoms with Crippen LogP contribution in [0.25, 0.3) is 0 Å². The SMILES string of the molecule is CCC/C=C\C/C=C\CCCCCCCC(=O)OCC/C=C\C/C=C\CCCCCCCCCCCCCCCCC(=O)NC(CO)C(O)CCCCCCCCCCCCCCCCCC. The zero-order chi connectivity index (χ0) is 48.6. The van der Waals surface area contributed by atoms with Crippen LogP contribution in [-0.2, 0) is 14.3 Å². The fourth-order valence-corrected chi connectivity index (χ4v) is 8.87. The zero-order valence-electron chi connectivity index (χ0n) is 44.6.